The number of nitro groups is 2. The number of phenolic OH excluding ortho intramolecular Hbond substituents is 1. The van der Waals surface area contributed by atoms with Gasteiger partial charge in [-0.1, -0.05) is 0 Å². The Morgan fingerprint density at radius 2 is 1.74 bits per heavy atom. The van der Waals surface area contributed by atoms with Gasteiger partial charge in [0.2, 0.25) is 0 Å². The average molecular weight is 375 g/mol. The van der Waals surface area contributed by atoms with Crippen LogP contribution >= 0.6 is 0 Å². The van der Waals surface area contributed by atoms with Crippen LogP contribution in [0.2, 0.25) is 0 Å². The van der Waals surface area contributed by atoms with Gasteiger partial charge in [0, 0.05) is 36.0 Å². The number of hydrogen-bond donors (Lipinski definition) is 1. The average Bonchev–Trinajstić information content (AvgIpc) is 2.65. The number of rotatable bonds is 8. The molecule has 0 aliphatic heterocycles. The number of nitro benzene ring substituents is 2. The van der Waals surface area contributed by atoms with Crippen molar-refractivity contribution < 1.29 is 24.4 Å². The molecule has 0 aliphatic carbocycles. The predicted octanol–water partition coefficient (Wildman–Crippen LogP) is 2.89. The maximum atomic E-state index is 11.3. The predicted molar refractivity (Wildman–Crippen MR) is 97.1 cm³/mol. The van der Waals surface area contributed by atoms with Gasteiger partial charge in [-0.15, -0.1) is 0 Å². The van der Waals surface area contributed by atoms with E-state index in [1.807, 2.05) is 0 Å². The highest BCUT2D eigenvalue weighted by molar-refractivity contribution is 5.84. The van der Waals surface area contributed by atoms with Crippen molar-refractivity contribution in [2.75, 3.05) is 20.8 Å². The van der Waals surface area contributed by atoms with Crippen molar-refractivity contribution in [3.05, 3.63) is 61.7 Å². The van der Waals surface area contributed by atoms with Gasteiger partial charge in [0.1, 0.15) is 5.75 Å². The number of phenols is 1. The van der Waals surface area contributed by atoms with Gasteiger partial charge in [0.15, 0.2) is 11.5 Å². The van der Waals surface area contributed by atoms with Crippen molar-refractivity contribution in [2.45, 2.75) is 6.42 Å². The van der Waals surface area contributed by atoms with E-state index in [9.17, 15) is 25.3 Å². The normalized spacial score (nSPS) is 10.7. The molecular formula is C17H17N3O7. The lowest BCUT2D eigenvalue weighted by Gasteiger charge is -2.10. The van der Waals surface area contributed by atoms with Gasteiger partial charge in [-0.25, -0.2) is 0 Å². The van der Waals surface area contributed by atoms with Crippen LogP contribution in [0.3, 0.4) is 0 Å². The summed E-state index contributed by atoms with van der Waals surface area (Å²) >= 11 is 0. The molecule has 0 fully saturated rings. The van der Waals surface area contributed by atoms with Crippen molar-refractivity contribution in [2.24, 2.45) is 4.99 Å². The second-order valence-electron chi connectivity index (χ2n) is 5.38. The summed E-state index contributed by atoms with van der Waals surface area (Å²) < 4.78 is 10.2. The highest BCUT2D eigenvalue weighted by atomic mass is 16.6. The molecule has 142 valence electrons. The van der Waals surface area contributed by atoms with Crippen LogP contribution in [-0.2, 0) is 6.42 Å². The van der Waals surface area contributed by atoms with Gasteiger partial charge in [-0.3, -0.25) is 25.2 Å². The number of aliphatic imine (C=N–C) groups is 1. The quantitative estimate of drug-likeness (QED) is 0.425. The molecule has 0 unspecified atom stereocenters. The smallest absolute Gasteiger partial charge is 0.276 e. The number of methoxy groups -OCH3 is 2. The first-order chi connectivity index (χ1) is 12.9. The lowest BCUT2D eigenvalue weighted by Crippen LogP contribution is -2.01. The minimum Gasteiger partial charge on any atom is -0.507 e. The van der Waals surface area contributed by atoms with Gasteiger partial charge in [-0.2, -0.15) is 0 Å². The lowest BCUT2D eigenvalue weighted by molar-refractivity contribution is -0.385. The van der Waals surface area contributed by atoms with Crippen LogP contribution in [0.1, 0.15) is 11.1 Å². The summed E-state index contributed by atoms with van der Waals surface area (Å²) in [6.45, 7) is 0.165. The minimum atomic E-state index is -0.580. The highest BCUT2D eigenvalue weighted by Gasteiger charge is 2.19. The molecule has 0 heterocycles. The zero-order valence-electron chi connectivity index (χ0n) is 14.6. The Balaban J connectivity index is 2.19. The zero-order chi connectivity index (χ0) is 20.0. The molecule has 2 rings (SSSR count). The van der Waals surface area contributed by atoms with Gasteiger partial charge in [-0.05, 0) is 18.6 Å². The van der Waals surface area contributed by atoms with Crippen LogP contribution in [0.4, 0.5) is 11.4 Å². The van der Waals surface area contributed by atoms with E-state index < -0.39 is 9.85 Å². The van der Waals surface area contributed by atoms with E-state index in [4.69, 9.17) is 9.47 Å². The molecule has 0 radical (unpaired) electrons. The van der Waals surface area contributed by atoms with E-state index in [0.717, 1.165) is 0 Å². The largest absolute Gasteiger partial charge is 0.507 e. The van der Waals surface area contributed by atoms with E-state index >= 15 is 0 Å². The van der Waals surface area contributed by atoms with Gasteiger partial charge < -0.3 is 14.6 Å². The first-order valence-electron chi connectivity index (χ1n) is 7.74. The Labute approximate surface area is 154 Å². The summed E-state index contributed by atoms with van der Waals surface area (Å²) in [5.74, 6) is 0.456. The molecule has 0 spiro atoms. The third-order valence-electron chi connectivity index (χ3n) is 3.74. The van der Waals surface area contributed by atoms with E-state index in [0.29, 0.717) is 11.3 Å². The van der Waals surface area contributed by atoms with Crippen molar-refractivity contribution >= 4 is 17.6 Å². The van der Waals surface area contributed by atoms with Crippen molar-refractivity contribution in [1.29, 1.82) is 0 Å². The Bertz CT molecular complexity index is 896. The Kier molecular flexibility index (Phi) is 6.26. The van der Waals surface area contributed by atoms with Gasteiger partial charge in [0.05, 0.1) is 30.1 Å². The summed E-state index contributed by atoms with van der Waals surface area (Å²) in [6, 6.07) is 6.37. The molecule has 2 aromatic rings. The Morgan fingerprint density at radius 3 is 2.33 bits per heavy atom. The molecule has 0 bridgehead atoms. The molecule has 0 amide bonds. The van der Waals surface area contributed by atoms with Crippen LogP contribution in [0.15, 0.2) is 35.3 Å². The molecule has 0 aliphatic rings. The Hall–Kier alpha value is -3.69. The highest BCUT2D eigenvalue weighted by Crippen LogP contribution is 2.34. The van der Waals surface area contributed by atoms with Crippen LogP contribution in [-0.4, -0.2) is 41.9 Å². The second-order valence-corrected chi connectivity index (χ2v) is 5.38. The minimum absolute atomic E-state index is 0.124. The summed E-state index contributed by atoms with van der Waals surface area (Å²) in [4.78, 5) is 25.0. The number of benzene rings is 2. The third kappa shape index (κ3) is 4.69. The molecule has 1 N–H and O–H groups in total. The molecule has 10 heteroatoms. The molecule has 0 saturated carbocycles. The number of hydrogen-bond acceptors (Lipinski definition) is 8. The van der Waals surface area contributed by atoms with E-state index in [1.165, 1.54) is 50.8 Å². The van der Waals surface area contributed by atoms with E-state index in [-0.39, 0.29) is 41.4 Å². The fourth-order valence-corrected chi connectivity index (χ4v) is 2.39. The molecule has 0 saturated heterocycles. The van der Waals surface area contributed by atoms with Crippen LogP contribution in [0.5, 0.6) is 17.2 Å². The lowest BCUT2D eigenvalue weighted by atomic mass is 10.1. The van der Waals surface area contributed by atoms with Crippen LogP contribution in [0.25, 0.3) is 0 Å². The molecule has 2 aromatic carbocycles. The monoisotopic (exact) mass is 375 g/mol. The summed E-state index contributed by atoms with van der Waals surface area (Å²) in [6.07, 6.45) is 1.51. The van der Waals surface area contributed by atoms with Crippen LogP contribution < -0.4 is 9.47 Å². The maximum Gasteiger partial charge on any atom is 0.276 e. The van der Waals surface area contributed by atoms with E-state index in [2.05, 4.69) is 4.99 Å². The molecule has 27 heavy (non-hydrogen) atoms. The summed E-state index contributed by atoms with van der Waals surface area (Å²) in [7, 11) is 2.81. The molecule has 0 aromatic heterocycles. The molecule has 10 nitrogen and oxygen atoms in total. The fraction of sp³-hybridized carbons (Fsp3) is 0.235. The number of ether oxygens (including phenoxy) is 2. The van der Waals surface area contributed by atoms with Gasteiger partial charge >= 0.3 is 0 Å². The van der Waals surface area contributed by atoms with Crippen molar-refractivity contribution in [3.63, 3.8) is 0 Å². The first-order valence-corrected chi connectivity index (χ1v) is 7.74. The SMILES string of the molecule is COc1cc(CCN=Cc2cc([N+](=O)[O-])ccc2O)c([N+](=O)[O-])cc1OC. The standard InChI is InChI=1S/C17H17N3O7/c1-26-16-8-11(14(20(24)25)9-17(16)27-2)5-6-18-10-12-7-13(19(22)23)3-4-15(12)21/h3-4,7-10,21H,5-6H2,1-2H3. The number of nitrogens with zero attached hydrogens (tertiary/aromatic N) is 3. The molecule has 0 atom stereocenters. The number of aromatic hydroxyl groups is 1. The Morgan fingerprint density at radius 1 is 1.07 bits per heavy atom. The van der Waals surface area contributed by atoms with Crippen molar-refractivity contribution in [3.8, 4) is 17.2 Å². The number of non-ortho nitro benzene ring substituents is 1. The second kappa shape index (κ2) is 8.61. The first kappa shape index (κ1) is 19.6. The zero-order valence-corrected chi connectivity index (χ0v) is 14.6. The van der Waals surface area contributed by atoms with E-state index in [1.54, 1.807) is 0 Å². The third-order valence-corrected chi connectivity index (χ3v) is 3.74. The molecular weight excluding hydrogens is 358 g/mol. The maximum absolute atomic E-state index is 11.3. The summed E-state index contributed by atoms with van der Waals surface area (Å²) in [5, 5.41) is 31.8. The van der Waals surface area contributed by atoms with Crippen molar-refractivity contribution in [1.82, 2.24) is 0 Å². The van der Waals surface area contributed by atoms with Gasteiger partial charge in [0.25, 0.3) is 11.4 Å². The summed E-state index contributed by atoms with van der Waals surface area (Å²) in [5.41, 5.74) is 0.287. The topological polar surface area (TPSA) is 137 Å². The fourth-order valence-electron chi connectivity index (χ4n) is 2.39. The van der Waals surface area contributed by atoms with Crippen LogP contribution in [0, 0.1) is 20.2 Å².